The first-order chi connectivity index (χ1) is 8.16. The molecule has 1 atom stereocenters. The summed E-state index contributed by atoms with van der Waals surface area (Å²) in [4.78, 5) is 12.0. The largest absolute Gasteiger partial charge is 0.376 e. The molecule has 1 heterocycles. The third-order valence-corrected chi connectivity index (χ3v) is 4.12. The van der Waals surface area contributed by atoms with E-state index in [-0.39, 0.29) is 12.0 Å². The average Bonchev–Trinajstić information content (AvgIpc) is 2.82. The number of benzene rings is 1. The Morgan fingerprint density at radius 3 is 3.12 bits per heavy atom. The van der Waals surface area contributed by atoms with Gasteiger partial charge in [-0.25, -0.2) is 0 Å². The predicted molar refractivity (Wildman–Crippen MR) is 78.2 cm³/mol. The zero-order chi connectivity index (χ0) is 12.3. The van der Waals surface area contributed by atoms with Crippen LogP contribution in [-0.4, -0.2) is 25.2 Å². The molecule has 1 aliphatic heterocycles. The summed E-state index contributed by atoms with van der Waals surface area (Å²) in [6.45, 7) is 1.41. The number of hydrogen-bond acceptors (Lipinski definition) is 2. The zero-order valence-electron chi connectivity index (χ0n) is 9.21. The Morgan fingerprint density at radius 1 is 1.59 bits per heavy atom. The molecule has 1 N–H and O–H groups in total. The van der Waals surface area contributed by atoms with Crippen LogP contribution >= 0.6 is 38.5 Å². The van der Waals surface area contributed by atoms with Gasteiger partial charge in [0, 0.05) is 21.2 Å². The van der Waals surface area contributed by atoms with E-state index in [0.717, 1.165) is 27.5 Å². The summed E-state index contributed by atoms with van der Waals surface area (Å²) in [6, 6.07) is 5.69. The highest BCUT2D eigenvalue weighted by Gasteiger charge is 2.17. The second-order valence-electron chi connectivity index (χ2n) is 3.97. The summed E-state index contributed by atoms with van der Waals surface area (Å²) >= 11 is 5.54. The van der Waals surface area contributed by atoms with Gasteiger partial charge >= 0.3 is 0 Å². The lowest BCUT2D eigenvalue weighted by Gasteiger charge is -2.11. The van der Waals surface area contributed by atoms with Gasteiger partial charge in [0.2, 0.25) is 0 Å². The summed E-state index contributed by atoms with van der Waals surface area (Å²) in [5.41, 5.74) is 0.706. The summed E-state index contributed by atoms with van der Waals surface area (Å²) in [5, 5.41) is 2.92. The van der Waals surface area contributed by atoms with E-state index in [4.69, 9.17) is 4.74 Å². The number of nitrogens with one attached hydrogen (secondary N) is 1. The fraction of sp³-hybridized carbons (Fsp3) is 0.417. The molecule has 1 amide bonds. The number of carbonyl (C=O) groups excluding carboxylic acids is 1. The second-order valence-corrected chi connectivity index (χ2v) is 6.05. The van der Waals surface area contributed by atoms with Crippen molar-refractivity contribution >= 4 is 44.4 Å². The standard InChI is InChI=1S/C12H13BrINO2/c13-8-3-4-11(14)10(6-8)12(16)15-7-9-2-1-5-17-9/h3-4,6,9H,1-2,5,7H2,(H,15,16)/t9-/m1/s1. The Kier molecular flexibility index (Phi) is 4.81. The smallest absolute Gasteiger partial charge is 0.252 e. The van der Waals surface area contributed by atoms with Gasteiger partial charge < -0.3 is 10.1 Å². The van der Waals surface area contributed by atoms with Gasteiger partial charge in [-0.2, -0.15) is 0 Å². The predicted octanol–water partition coefficient (Wildman–Crippen LogP) is 2.96. The third-order valence-electron chi connectivity index (χ3n) is 2.69. The van der Waals surface area contributed by atoms with Crippen LogP contribution < -0.4 is 5.32 Å². The highest BCUT2D eigenvalue weighted by Crippen LogP contribution is 2.18. The van der Waals surface area contributed by atoms with Crippen molar-refractivity contribution in [3.05, 3.63) is 31.8 Å². The first-order valence-corrected chi connectivity index (χ1v) is 7.39. The third kappa shape index (κ3) is 3.66. The maximum Gasteiger partial charge on any atom is 0.252 e. The number of rotatable bonds is 3. The molecule has 0 bridgehead atoms. The minimum atomic E-state index is -0.0359. The van der Waals surface area contributed by atoms with Crippen molar-refractivity contribution in [2.24, 2.45) is 0 Å². The van der Waals surface area contributed by atoms with E-state index in [1.54, 1.807) is 0 Å². The quantitative estimate of drug-likeness (QED) is 0.779. The molecule has 17 heavy (non-hydrogen) atoms. The van der Waals surface area contributed by atoms with Gasteiger partial charge in [0.15, 0.2) is 0 Å². The lowest BCUT2D eigenvalue weighted by atomic mass is 10.2. The Hall–Kier alpha value is -0.140. The maximum absolute atomic E-state index is 12.0. The summed E-state index contributed by atoms with van der Waals surface area (Å²) in [7, 11) is 0. The van der Waals surface area contributed by atoms with Crippen LogP contribution in [0.5, 0.6) is 0 Å². The molecule has 3 nitrogen and oxygen atoms in total. The first-order valence-electron chi connectivity index (χ1n) is 5.51. The van der Waals surface area contributed by atoms with Crippen molar-refractivity contribution in [1.82, 2.24) is 5.32 Å². The molecule has 1 aliphatic rings. The Bertz CT molecular complexity index is 419. The molecule has 1 aromatic carbocycles. The molecule has 0 unspecified atom stereocenters. The molecule has 0 aromatic heterocycles. The van der Waals surface area contributed by atoms with Crippen molar-refractivity contribution < 1.29 is 9.53 Å². The fourth-order valence-corrected chi connectivity index (χ4v) is 2.72. The molecule has 1 aromatic rings. The topological polar surface area (TPSA) is 38.3 Å². The minimum Gasteiger partial charge on any atom is -0.376 e. The molecule has 0 aliphatic carbocycles. The van der Waals surface area contributed by atoms with E-state index in [1.165, 1.54) is 0 Å². The molecule has 2 rings (SSSR count). The van der Waals surface area contributed by atoms with Gasteiger partial charge in [-0.15, -0.1) is 0 Å². The average molecular weight is 410 g/mol. The molecule has 5 heteroatoms. The lowest BCUT2D eigenvalue weighted by Crippen LogP contribution is -2.32. The van der Waals surface area contributed by atoms with E-state index in [1.807, 2.05) is 18.2 Å². The second kappa shape index (κ2) is 6.15. The zero-order valence-corrected chi connectivity index (χ0v) is 13.0. The van der Waals surface area contributed by atoms with E-state index >= 15 is 0 Å². The van der Waals surface area contributed by atoms with E-state index in [9.17, 15) is 4.79 Å². The maximum atomic E-state index is 12.0. The van der Waals surface area contributed by atoms with Crippen LogP contribution in [-0.2, 0) is 4.74 Å². The van der Waals surface area contributed by atoms with Crippen molar-refractivity contribution in [3.8, 4) is 0 Å². The van der Waals surface area contributed by atoms with E-state index in [0.29, 0.717) is 12.1 Å². The van der Waals surface area contributed by atoms with Crippen molar-refractivity contribution in [3.63, 3.8) is 0 Å². The summed E-state index contributed by atoms with van der Waals surface area (Å²) in [5.74, 6) is -0.0359. The number of amides is 1. The van der Waals surface area contributed by atoms with E-state index < -0.39 is 0 Å². The SMILES string of the molecule is O=C(NC[C@H]1CCCO1)c1cc(Br)ccc1I. The minimum absolute atomic E-state index is 0.0359. The Balaban J connectivity index is 1.96. The number of carbonyl (C=O) groups is 1. The van der Waals surface area contributed by atoms with Crippen molar-refractivity contribution in [2.75, 3.05) is 13.2 Å². The molecule has 0 saturated carbocycles. The van der Waals surface area contributed by atoms with Crippen LogP contribution in [0.25, 0.3) is 0 Å². The Morgan fingerprint density at radius 2 is 2.41 bits per heavy atom. The highest BCUT2D eigenvalue weighted by molar-refractivity contribution is 14.1. The van der Waals surface area contributed by atoms with Crippen LogP contribution in [0.1, 0.15) is 23.2 Å². The summed E-state index contributed by atoms with van der Waals surface area (Å²) < 4.78 is 7.34. The van der Waals surface area contributed by atoms with Crippen molar-refractivity contribution in [1.29, 1.82) is 0 Å². The molecule has 92 valence electrons. The van der Waals surface area contributed by atoms with Crippen LogP contribution in [0.2, 0.25) is 0 Å². The van der Waals surface area contributed by atoms with Gasteiger partial charge in [-0.1, -0.05) is 15.9 Å². The molecule has 0 spiro atoms. The highest BCUT2D eigenvalue weighted by atomic mass is 127. The molecular formula is C12H13BrINO2. The lowest BCUT2D eigenvalue weighted by molar-refractivity contribution is 0.0857. The number of halogens is 2. The monoisotopic (exact) mass is 409 g/mol. The van der Waals surface area contributed by atoms with Gasteiger partial charge in [0.05, 0.1) is 11.7 Å². The van der Waals surface area contributed by atoms with Crippen molar-refractivity contribution in [2.45, 2.75) is 18.9 Å². The molecular weight excluding hydrogens is 397 g/mol. The molecule has 1 fully saturated rings. The van der Waals surface area contributed by atoms with Crippen LogP contribution in [0.15, 0.2) is 22.7 Å². The number of hydrogen-bond donors (Lipinski definition) is 1. The van der Waals surface area contributed by atoms with Gasteiger partial charge in [0.1, 0.15) is 0 Å². The van der Waals surface area contributed by atoms with Crippen LogP contribution in [0.4, 0.5) is 0 Å². The Labute approximate surface area is 123 Å². The number of ether oxygens (including phenoxy) is 1. The van der Waals surface area contributed by atoms with Gasteiger partial charge in [-0.05, 0) is 53.6 Å². The summed E-state index contributed by atoms with van der Waals surface area (Å²) in [6.07, 6.45) is 2.31. The van der Waals surface area contributed by atoms with Crippen LogP contribution in [0.3, 0.4) is 0 Å². The fourth-order valence-electron chi connectivity index (χ4n) is 1.78. The van der Waals surface area contributed by atoms with Crippen LogP contribution in [0, 0.1) is 3.57 Å². The van der Waals surface area contributed by atoms with Gasteiger partial charge in [-0.3, -0.25) is 4.79 Å². The van der Waals surface area contributed by atoms with Gasteiger partial charge in [0.25, 0.3) is 5.91 Å². The normalized spacial score (nSPS) is 19.3. The molecule has 0 radical (unpaired) electrons. The van der Waals surface area contributed by atoms with E-state index in [2.05, 4.69) is 43.8 Å². The first kappa shape index (κ1) is 13.3. The molecule has 1 saturated heterocycles.